The minimum absolute atomic E-state index is 0.0939. The van der Waals surface area contributed by atoms with Gasteiger partial charge in [0, 0.05) is 24.2 Å². The van der Waals surface area contributed by atoms with E-state index in [2.05, 4.69) is 16.8 Å². The van der Waals surface area contributed by atoms with E-state index in [0.717, 1.165) is 18.0 Å². The molecule has 0 bridgehead atoms. The molecule has 1 aliphatic rings. The van der Waals surface area contributed by atoms with Crippen LogP contribution in [0.25, 0.3) is 0 Å². The number of hydrogen-bond donors (Lipinski definition) is 1. The Morgan fingerprint density at radius 3 is 3.00 bits per heavy atom. The maximum atomic E-state index is 11.0. The molecule has 0 aliphatic carbocycles. The average Bonchev–Trinajstić information content (AvgIpc) is 2.84. The van der Waals surface area contributed by atoms with Gasteiger partial charge in [-0.25, -0.2) is 4.98 Å². The lowest BCUT2D eigenvalue weighted by atomic mass is 10.0. The summed E-state index contributed by atoms with van der Waals surface area (Å²) in [5, 5.41) is 12.1. The lowest BCUT2D eigenvalue weighted by molar-refractivity contribution is -0.142. The third kappa shape index (κ3) is 1.97. The predicted octanol–water partition coefficient (Wildman–Crippen LogP) is 2.00. The van der Waals surface area contributed by atoms with Crippen LogP contribution in [0.15, 0.2) is 11.6 Å². The van der Waals surface area contributed by atoms with Crippen molar-refractivity contribution in [2.45, 2.75) is 32.4 Å². The SMILES string of the molecule is CC(c1nccs1)N1CCC(C(=O)O)C1C. The highest BCUT2D eigenvalue weighted by Crippen LogP contribution is 2.33. The topological polar surface area (TPSA) is 53.4 Å². The van der Waals surface area contributed by atoms with Crippen molar-refractivity contribution in [2.75, 3.05) is 6.54 Å². The average molecular weight is 240 g/mol. The summed E-state index contributed by atoms with van der Waals surface area (Å²) in [4.78, 5) is 17.6. The first kappa shape index (κ1) is 11.5. The van der Waals surface area contributed by atoms with Crippen molar-refractivity contribution in [3.8, 4) is 0 Å². The van der Waals surface area contributed by atoms with Crippen molar-refractivity contribution in [3.63, 3.8) is 0 Å². The highest BCUT2D eigenvalue weighted by atomic mass is 32.1. The number of carboxylic acids is 1. The molecule has 0 radical (unpaired) electrons. The summed E-state index contributed by atoms with van der Waals surface area (Å²) in [5.41, 5.74) is 0. The van der Waals surface area contributed by atoms with E-state index < -0.39 is 5.97 Å². The fourth-order valence-corrected chi connectivity index (χ4v) is 3.14. The van der Waals surface area contributed by atoms with Crippen molar-refractivity contribution in [2.24, 2.45) is 5.92 Å². The molecule has 88 valence electrons. The highest BCUT2D eigenvalue weighted by molar-refractivity contribution is 7.09. The van der Waals surface area contributed by atoms with E-state index in [9.17, 15) is 4.79 Å². The molecule has 0 aromatic carbocycles. The largest absolute Gasteiger partial charge is 0.481 e. The van der Waals surface area contributed by atoms with Gasteiger partial charge in [-0.3, -0.25) is 9.69 Å². The first-order valence-corrected chi connectivity index (χ1v) is 6.37. The number of aromatic nitrogens is 1. The number of nitrogens with zero attached hydrogens (tertiary/aromatic N) is 2. The number of rotatable bonds is 3. The molecule has 1 N–H and O–H groups in total. The number of thiazole rings is 1. The van der Waals surface area contributed by atoms with Crippen molar-refractivity contribution >= 4 is 17.3 Å². The van der Waals surface area contributed by atoms with Gasteiger partial charge in [0.05, 0.1) is 12.0 Å². The Morgan fingerprint density at radius 2 is 2.50 bits per heavy atom. The van der Waals surface area contributed by atoms with E-state index in [1.165, 1.54) is 0 Å². The minimum atomic E-state index is -0.679. The summed E-state index contributed by atoms with van der Waals surface area (Å²) in [6, 6.07) is 0.316. The smallest absolute Gasteiger partial charge is 0.308 e. The zero-order valence-corrected chi connectivity index (χ0v) is 10.3. The van der Waals surface area contributed by atoms with Crippen LogP contribution in [0.3, 0.4) is 0 Å². The van der Waals surface area contributed by atoms with Crippen molar-refractivity contribution in [1.82, 2.24) is 9.88 Å². The second-order valence-electron chi connectivity index (χ2n) is 4.26. The molecule has 1 aromatic rings. The monoisotopic (exact) mass is 240 g/mol. The van der Waals surface area contributed by atoms with Crippen molar-refractivity contribution in [1.29, 1.82) is 0 Å². The molecule has 3 atom stereocenters. The number of hydrogen-bond acceptors (Lipinski definition) is 4. The Morgan fingerprint density at radius 1 is 1.75 bits per heavy atom. The van der Waals surface area contributed by atoms with E-state index in [-0.39, 0.29) is 18.0 Å². The fourth-order valence-electron chi connectivity index (χ4n) is 2.42. The number of aliphatic carboxylic acids is 1. The highest BCUT2D eigenvalue weighted by Gasteiger charge is 2.38. The van der Waals surface area contributed by atoms with Gasteiger partial charge < -0.3 is 5.11 Å². The molecule has 16 heavy (non-hydrogen) atoms. The standard InChI is InChI=1S/C11H16N2O2S/c1-7-9(11(14)15)3-5-13(7)8(2)10-12-4-6-16-10/h4,6-9H,3,5H2,1-2H3,(H,14,15). The molecule has 3 unspecified atom stereocenters. The minimum Gasteiger partial charge on any atom is -0.481 e. The molecule has 1 fully saturated rings. The van der Waals surface area contributed by atoms with Crippen molar-refractivity contribution in [3.05, 3.63) is 16.6 Å². The summed E-state index contributed by atoms with van der Waals surface area (Å²) in [7, 11) is 0. The summed E-state index contributed by atoms with van der Waals surface area (Å²) in [6.07, 6.45) is 2.54. The lowest BCUT2D eigenvalue weighted by Crippen LogP contribution is -2.34. The number of likely N-dealkylation sites (tertiary alicyclic amines) is 1. The predicted molar refractivity (Wildman–Crippen MR) is 62.4 cm³/mol. The zero-order chi connectivity index (χ0) is 11.7. The normalized spacial score (nSPS) is 28.1. The van der Waals surface area contributed by atoms with E-state index >= 15 is 0 Å². The van der Waals surface area contributed by atoms with Crippen LogP contribution >= 0.6 is 11.3 Å². The van der Waals surface area contributed by atoms with Crippen LogP contribution in [0, 0.1) is 5.92 Å². The van der Waals surface area contributed by atoms with Gasteiger partial charge in [0.25, 0.3) is 0 Å². The van der Waals surface area contributed by atoms with Crippen LogP contribution in [0.5, 0.6) is 0 Å². The van der Waals surface area contributed by atoms with Gasteiger partial charge in [0.15, 0.2) is 0 Å². The molecule has 0 spiro atoms. The molecule has 0 saturated carbocycles. The van der Waals surface area contributed by atoms with Gasteiger partial charge in [0.2, 0.25) is 0 Å². The molecule has 4 nitrogen and oxygen atoms in total. The van der Waals surface area contributed by atoms with E-state index in [0.29, 0.717) is 0 Å². The maximum Gasteiger partial charge on any atom is 0.308 e. The molecule has 1 aliphatic heterocycles. The van der Waals surface area contributed by atoms with Gasteiger partial charge in [-0.05, 0) is 20.3 Å². The fraction of sp³-hybridized carbons (Fsp3) is 0.636. The van der Waals surface area contributed by atoms with Crippen LogP contribution in [0.1, 0.15) is 31.3 Å². The van der Waals surface area contributed by atoms with Gasteiger partial charge >= 0.3 is 5.97 Å². The molecular formula is C11H16N2O2S. The Labute approximate surface area is 98.9 Å². The van der Waals surface area contributed by atoms with Gasteiger partial charge in [-0.1, -0.05) is 0 Å². The summed E-state index contributed by atoms with van der Waals surface area (Å²) >= 11 is 1.63. The van der Waals surface area contributed by atoms with E-state index in [4.69, 9.17) is 5.11 Å². The van der Waals surface area contributed by atoms with Crippen LogP contribution < -0.4 is 0 Å². The lowest BCUT2D eigenvalue weighted by Gasteiger charge is -2.28. The van der Waals surface area contributed by atoms with Crippen molar-refractivity contribution < 1.29 is 9.90 Å². The quantitative estimate of drug-likeness (QED) is 0.878. The maximum absolute atomic E-state index is 11.0. The van der Waals surface area contributed by atoms with E-state index in [1.54, 1.807) is 17.5 Å². The second kappa shape index (κ2) is 4.51. The molecule has 5 heteroatoms. The zero-order valence-electron chi connectivity index (χ0n) is 9.46. The van der Waals surface area contributed by atoms with Crippen LogP contribution in [-0.4, -0.2) is 33.5 Å². The Bertz CT molecular complexity index is 366. The number of carbonyl (C=O) groups is 1. The van der Waals surface area contributed by atoms with E-state index in [1.807, 2.05) is 12.3 Å². The Hall–Kier alpha value is -0.940. The first-order chi connectivity index (χ1) is 7.61. The summed E-state index contributed by atoms with van der Waals surface area (Å²) in [5.74, 6) is -0.913. The molecule has 1 saturated heterocycles. The van der Waals surface area contributed by atoms with Crippen LogP contribution in [0.2, 0.25) is 0 Å². The molecule has 0 amide bonds. The van der Waals surface area contributed by atoms with Gasteiger partial charge in [0.1, 0.15) is 5.01 Å². The summed E-state index contributed by atoms with van der Waals surface area (Å²) < 4.78 is 0. The molecule has 1 aromatic heterocycles. The van der Waals surface area contributed by atoms with Crippen LogP contribution in [0.4, 0.5) is 0 Å². The molecule has 2 heterocycles. The Balaban J connectivity index is 2.09. The van der Waals surface area contributed by atoms with Gasteiger partial charge in [-0.2, -0.15) is 0 Å². The molecule has 2 rings (SSSR count). The first-order valence-electron chi connectivity index (χ1n) is 5.49. The third-order valence-electron chi connectivity index (χ3n) is 3.43. The number of carboxylic acid groups (broad SMARTS) is 1. The summed E-state index contributed by atoms with van der Waals surface area (Å²) in [6.45, 7) is 4.94. The Kier molecular flexibility index (Phi) is 3.25. The van der Waals surface area contributed by atoms with Gasteiger partial charge in [-0.15, -0.1) is 11.3 Å². The second-order valence-corrected chi connectivity index (χ2v) is 5.18. The third-order valence-corrected chi connectivity index (χ3v) is 4.37. The molecular weight excluding hydrogens is 224 g/mol. The van der Waals surface area contributed by atoms with Crippen LogP contribution in [-0.2, 0) is 4.79 Å².